The van der Waals surface area contributed by atoms with Gasteiger partial charge in [0.1, 0.15) is 0 Å². The molecule has 3 atom stereocenters. The molecule has 0 saturated heterocycles. The van der Waals surface area contributed by atoms with Gasteiger partial charge in [-0.15, -0.1) is 0 Å². The second kappa shape index (κ2) is 7.96. The average molecular weight is 318 g/mol. The summed E-state index contributed by atoms with van der Waals surface area (Å²) < 4.78 is 25.5. The molecule has 1 aliphatic carbocycles. The molecule has 0 radical (unpaired) electrons. The van der Waals surface area contributed by atoms with Gasteiger partial charge in [-0.3, -0.25) is 0 Å². The molecule has 4 heteroatoms. The van der Waals surface area contributed by atoms with E-state index in [-0.39, 0.29) is 16.6 Å². The Bertz CT molecular complexity index is 403. The molecule has 0 aromatic carbocycles. The Labute approximate surface area is 132 Å². The molecule has 1 rings (SSSR count). The van der Waals surface area contributed by atoms with Crippen LogP contribution in [0.3, 0.4) is 0 Å². The van der Waals surface area contributed by atoms with Gasteiger partial charge in [0.25, 0.3) is 0 Å². The summed E-state index contributed by atoms with van der Waals surface area (Å²) in [5.41, 5.74) is 6.10. The SMILES string of the molecule is CCCCCS(=O)(=O)C1CC(C(C)(C)CC)CCC1CN. The van der Waals surface area contributed by atoms with Crippen molar-refractivity contribution in [2.45, 2.75) is 77.9 Å². The zero-order chi connectivity index (χ0) is 16.1. The minimum atomic E-state index is -3.00. The highest BCUT2D eigenvalue weighted by molar-refractivity contribution is 7.92. The third-order valence-electron chi connectivity index (χ3n) is 5.74. The molecule has 0 heterocycles. The normalized spacial score (nSPS) is 27.8. The Morgan fingerprint density at radius 1 is 1.14 bits per heavy atom. The molecule has 0 aromatic rings. The van der Waals surface area contributed by atoms with Gasteiger partial charge in [0.15, 0.2) is 9.84 Å². The van der Waals surface area contributed by atoms with Gasteiger partial charge in [0.05, 0.1) is 11.0 Å². The van der Waals surface area contributed by atoms with Crippen molar-refractivity contribution in [1.82, 2.24) is 0 Å². The van der Waals surface area contributed by atoms with E-state index in [1.165, 1.54) is 0 Å². The first-order valence-corrected chi connectivity index (χ1v) is 10.4. The molecule has 2 N–H and O–H groups in total. The van der Waals surface area contributed by atoms with Crippen LogP contribution in [0.15, 0.2) is 0 Å². The van der Waals surface area contributed by atoms with E-state index in [0.29, 0.717) is 18.2 Å². The van der Waals surface area contributed by atoms with E-state index in [9.17, 15) is 8.42 Å². The predicted molar refractivity (Wildman–Crippen MR) is 91.1 cm³/mol. The first-order valence-electron chi connectivity index (χ1n) is 8.70. The Balaban J connectivity index is 2.83. The smallest absolute Gasteiger partial charge is 0.153 e. The van der Waals surface area contributed by atoms with Crippen molar-refractivity contribution < 1.29 is 8.42 Å². The maximum absolute atomic E-state index is 12.7. The molecule has 3 unspecified atom stereocenters. The van der Waals surface area contributed by atoms with Crippen molar-refractivity contribution >= 4 is 9.84 Å². The second-order valence-corrected chi connectivity index (χ2v) is 9.80. The summed E-state index contributed by atoms with van der Waals surface area (Å²) in [4.78, 5) is 0. The number of hydrogen-bond donors (Lipinski definition) is 1. The second-order valence-electron chi connectivity index (χ2n) is 7.46. The lowest BCUT2D eigenvalue weighted by atomic mass is 9.67. The van der Waals surface area contributed by atoms with Gasteiger partial charge >= 0.3 is 0 Å². The molecule has 0 bridgehead atoms. The highest BCUT2D eigenvalue weighted by atomic mass is 32.2. The van der Waals surface area contributed by atoms with Crippen LogP contribution in [-0.2, 0) is 9.84 Å². The molecule has 3 nitrogen and oxygen atoms in total. The summed E-state index contributed by atoms with van der Waals surface area (Å²) in [5, 5.41) is -0.205. The van der Waals surface area contributed by atoms with Gasteiger partial charge in [-0.1, -0.05) is 47.0 Å². The van der Waals surface area contributed by atoms with Crippen molar-refractivity contribution in [2.24, 2.45) is 23.0 Å². The van der Waals surface area contributed by atoms with Crippen molar-refractivity contribution in [3.05, 3.63) is 0 Å². The molecule has 1 saturated carbocycles. The van der Waals surface area contributed by atoms with Crippen LogP contribution in [0.1, 0.15) is 72.6 Å². The molecule has 1 fully saturated rings. The van der Waals surface area contributed by atoms with Gasteiger partial charge in [0.2, 0.25) is 0 Å². The average Bonchev–Trinajstić information content (AvgIpc) is 2.46. The van der Waals surface area contributed by atoms with Gasteiger partial charge in [0, 0.05) is 0 Å². The Morgan fingerprint density at radius 3 is 2.33 bits per heavy atom. The number of nitrogens with two attached hydrogens (primary N) is 1. The van der Waals surface area contributed by atoms with Crippen LogP contribution < -0.4 is 5.73 Å². The minimum absolute atomic E-state index is 0.167. The van der Waals surface area contributed by atoms with Crippen LogP contribution in [0.2, 0.25) is 0 Å². The molecular weight excluding hydrogens is 282 g/mol. The molecule has 1 aliphatic rings. The number of hydrogen-bond acceptors (Lipinski definition) is 3. The van der Waals surface area contributed by atoms with Gasteiger partial charge in [-0.2, -0.15) is 0 Å². The molecule has 21 heavy (non-hydrogen) atoms. The van der Waals surface area contributed by atoms with Crippen LogP contribution in [0.25, 0.3) is 0 Å². The first-order chi connectivity index (χ1) is 9.78. The van der Waals surface area contributed by atoms with Gasteiger partial charge in [-0.25, -0.2) is 8.42 Å². The van der Waals surface area contributed by atoms with Crippen molar-refractivity contribution in [1.29, 1.82) is 0 Å². The van der Waals surface area contributed by atoms with E-state index >= 15 is 0 Å². The summed E-state index contributed by atoms with van der Waals surface area (Å²) in [6.45, 7) is 9.38. The lowest BCUT2D eigenvalue weighted by Gasteiger charge is -2.42. The van der Waals surface area contributed by atoms with Crippen LogP contribution >= 0.6 is 0 Å². The third kappa shape index (κ3) is 4.95. The fourth-order valence-electron chi connectivity index (χ4n) is 3.60. The highest BCUT2D eigenvalue weighted by Gasteiger charge is 2.41. The maximum Gasteiger partial charge on any atom is 0.153 e. The first kappa shape index (κ1) is 19.0. The van der Waals surface area contributed by atoms with E-state index < -0.39 is 9.84 Å². The third-order valence-corrected chi connectivity index (χ3v) is 8.10. The zero-order valence-electron chi connectivity index (χ0n) is 14.4. The Morgan fingerprint density at radius 2 is 1.81 bits per heavy atom. The Hall–Kier alpha value is -0.0900. The highest BCUT2D eigenvalue weighted by Crippen LogP contribution is 2.44. The van der Waals surface area contributed by atoms with E-state index in [4.69, 9.17) is 5.73 Å². The Kier molecular flexibility index (Phi) is 7.18. The van der Waals surface area contributed by atoms with Crippen LogP contribution in [0.5, 0.6) is 0 Å². The van der Waals surface area contributed by atoms with Crippen LogP contribution in [-0.4, -0.2) is 26.0 Å². The fraction of sp³-hybridized carbons (Fsp3) is 1.00. The summed E-state index contributed by atoms with van der Waals surface area (Å²) in [6, 6.07) is 0. The van der Waals surface area contributed by atoms with Crippen molar-refractivity contribution in [2.75, 3.05) is 12.3 Å². The summed E-state index contributed by atoms with van der Waals surface area (Å²) >= 11 is 0. The number of rotatable bonds is 8. The van der Waals surface area contributed by atoms with Crippen molar-refractivity contribution in [3.63, 3.8) is 0 Å². The van der Waals surface area contributed by atoms with E-state index in [1.807, 2.05) is 0 Å². The largest absolute Gasteiger partial charge is 0.330 e. The monoisotopic (exact) mass is 317 g/mol. The molecule has 0 amide bonds. The summed E-state index contributed by atoms with van der Waals surface area (Å²) in [6.07, 6.45) is 6.89. The molecule has 126 valence electrons. The number of sulfone groups is 1. The maximum atomic E-state index is 12.7. The zero-order valence-corrected chi connectivity index (χ0v) is 15.2. The van der Waals surface area contributed by atoms with E-state index in [2.05, 4.69) is 27.7 Å². The lowest BCUT2D eigenvalue weighted by Crippen LogP contribution is -2.43. The van der Waals surface area contributed by atoms with E-state index in [0.717, 1.165) is 44.9 Å². The van der Waals surface area contributed by atoms with Crippen LogP contribution in [0, 0.1) is 17.3 Å². The molecular formula is C17H35NO2S. The van der Waals surface area contributed by atoms with E-state index in [1.54, 1.807) is 0 Å². The molecule has 0 aromatic heterocycles. The number of unbranched alkanes of at least 4 members (excludes halogenated alkanes) is 2. The van der Waals surface area contributed by atoms with Crippen LogP contribution in [0.4, 0.5) is 0 Å². The summed E-state index contributed by atoms with van der Waals surface area (Å²) in [7, 11) is -3.00. The van der Waals surface area contributed by atoms with Gasteiger partial charge < -0.3 is 5.73 Å². The van der Waals surface area contributed by atoms with Crippen molar-refractivity contribution in [3.8, 4) is 0 Å². The van der Waals surface area contributed by atoms with Gasteiger partial charge in [-0.05, 0) is 49.5 Å². The lowest BCUT2D eigenvalue weighted by molar-refractivity contribution is 0.132. The minimum Gasteiger partial charge on any atom is -0.330 e. The molecule has 0 aliphatic heterocycles. The summed E-state index contributed by atoms with van der Waals surface area (Å²) in [5.74, 6) is 1.03. The molecule has 0 spiro atoms. The standard InChI is InChI=1S/C17H35NO2S/c1-5-7-8-11-21(19,20)16-12-15(17(3,4)6-2)10-9-14(16)13-18/h14-16H,5-13,18H2,1-4H3. The quantitative estimate of drug-likeness (QED) is 0.693. The fourth-order valence-corrected chi connectivity index (χ4v) is 5.87. The predicted octanol–water partition coefficient (Wildman–Crippen LogP) is 3.77. The topological polar surface area (TPSA) is 60.2 Å².